The second kappa shape index (κ2) is 5.52. The maximum Gasteiger partial charge on any atom is 0.0629 e. The van der Waals surface area contributed by atoms with Crippen LogP contribution in [-0.4, -0.2) is 9.78 Å². The molecular weight excluding hydrogens is 312 g/mol. The Kier molecular flexibility index (Phi) is 4.21. The summed E-state index contributed by atoms with van der Waals surface area (Å²) < 4.78 is 3.02. The van der Waals surface area contributed by atoms with Crippen LogP contribution in [-0.2, 0) is 13.5 Å². The Morgan fingerprint density at radius 2 is 2.22 bits per heavy atom. The van der Waals surface area contributed by atoms with Crippen LogP contribution in [0.4, 0.5) is 0 Å². The molecule has 2 aromatic heterocycles. The molecule has 0 aromatic carbocycles. The fraction of sp³-hybridized carbons (Fsp3) is 0.417. The first-order chi connectivity index (χ1) is 8.54. The van der Waals surface area contributed by atoms with E-state index < -0.39 is 0 Å². The van der Waals surface area contributed by atoms with Gasteiger partial charge in [0.1, 0.15) is 0 Å². The van der Waals surface area contributed by atoms with Gasteiger partial charge in [0.15, 0.2) is 0 Å². The maximum absolute atomic E-state index is 5.69. The molecule has 1 unspecified atom stereocenters. The van der Waals surface area contributed by atoms with Gasteiger partial charge in [-0.05, 0) is 52.7 Å². The number of aryl methyl sites for hydroxylation is 2. The highest BCUT2D eigenvalue weighted by atomic mass is 79.9. The van der Waals surface area contributed by atoms with Gasteiger partial charge in [0, 0.05) is 22.6 Å². The van der Waals surface area contributed by atoms with Gasteiger partial charge in [-0.2, -0.15) is 16.4 Å². The van der Waals surface area contributed by atoms with Crippen molar-refractivity contribution in [1.82, 2.24) is 15.2 Å². The first kappa shape index (κ1) is 13.7. The molecule has 4 nitrogen and oxygen atoms in total. The van der Waals surface area contributed by atoms with Crippen molar-refractivity contribution in [2.75, 3.05) is 0 Å². The zero-order valence-corrected chi connectivity index (χ0v) is 13.1. The number of aromatic nitrogens is 2. The van der Waals surface area contributed by atoms with Gasteiger partial charge in [0.05, 0.1) is 11.7 Å². The molecule has 0 spiro atoms. The summed E-state index contributed by atoms with van der Waals surface area (Å²) in [4.78, 5) is 0. The van der Waals surface area contributed by atoms with E-state index >= 15 is 0 Å². The summed E-state index contributed by atoms with van der Waals surface area (Å²) in [5.41, 5.74) is 7.62. The van der Waals surface area contributed by atoms with Crippen LogP contribution in [0.1, 0.15) is 28.6 Å². The molecule has 98 valence electrons. The first-order valence-corrected chi connectivity index (χ1v) is 7.45. The third-order valence-electron chi connectivity index (χ3n) is 3.29. The Bertz CT molecular complexity index is 546. The second-order valence-electron chi connectivity index (χ2n) is 4.37. The number of hydrazine groups is 1. The second-order valence-corrected chi connectivity index (χ2v) is 5.97. The summed E-state index contributed by atoms with van der Waals surface area (Å²) in [7, 11) is 1.97. The van der Waals surface area contributed by atoms with Crippen molar-refractivity contribution in [3.63, 3.8) is 0 Å². The molecule has 0 aliphatic carbocycles. The van der Waals surface area contributed by atoms with E-state index in [1.807, 2.05) is 18.7 Å². The van der Waals surface area contributed by atoms with Crippen LogP contribution < -0.4 is 11.3 Å². The molecule has 0 bridgehead atoms. The van der Waals surface area contributed by atoms with Gasteiger partial charge in [0.25, 0.3) is 0 Å². The number of halogens is 1. The largest absolute Gasteiger partial charge is 0.272 e. The van der Waals surface area contributed by atoms with Crippen LogP contribution in [0.5, 0.6) is 0 Å². The Balaban J connectivity index is 2.29. The number of thiophene rings is 1. The van der Waals surface area contributed by atoms with E-state index in [1.54, 1.807) is 11.3 Å². The molecule has 6 heteroatoms. The monoisotopic (exact) mass is 328 g/mol. The van der Waals surface area contributed by atoms with Crippen LogP contribution in [0.3, 0.4) is 0 Å². The van der Waals surface area contributed by atoms with Crippen molar-refractivity contribution >= 4 is 27.3 Å². The molecule has 0 saturated heterocycles. The van der Waals surface area contributed by atoms with E-state index in [0.29, 0.717) is 0 Å². The lowest BCUT2D eigenvalue weighted by Gasteiger charge is -2.16. The minimum atomic E-state index is 0.104. The van der Waals surface area contributed by atoms with Crippen LogP contribution >= 0.6 is 27.3 Å². The summed E-state index contributed by atoms with van der Waals surface area (Å²) in [5.74, 6) is 5.69. The number of rotatable bonds is 4. The average Bonchev–Trinajstić information content (AvgIpc) is 2.84. The Labute approximate surface area is 119 Å². The highest BCUT2D eigenvalue weighted by molar-refractivity contribution is 9.10. The zero-order chi connectivity index (χ0) is 13.3. The third-order valence-corrected chi connectivity index (χ3v) is 5.04. The lowest BCUT2D eigenvalue weighted by atomic mass is 10.0. The summed E-state index contributed by atoms with van der Waals surface area (Å²) in [5, 5.41) is 8.63. The molecule has 1 atom stereocenters. The molecule has 0 saturated carbocycles. The summed E-state index contributed by atoms with van der Waals surface area (Å²) in [6.07, 6.45) is 0.845. The van der Waals surface area contributed by atoms with E-state index in [0.717, 1.165) is 16.6 Å². The highest BCUT2D eigenvalue weighted by Gasteiger charge is 2.19. The Morgan fingerprint density at radius 1 is 1.50 bits per heavy atom. The molecule has 0 fully saturated rings. The van der Waals surface area contributed by atoms with Gasteiger partial charge >= 0.3 is 0 Å². The predicted molar refractivity (Wildman–Crippen MR) is 78.5 cm³/mol. The summed E-state index contributed by atoms with van der Waals surface area (Å²) in [6.45, 7) is 4.13. The first-order valence-electron chi connectivity index (χ1n) is 5.71. The SMILES string of the molecule is Cc1nn(C)c(C)c1CC(NN)c1cscc1Br. The zero-order valence-electron chi connectivity index (χ0n) is 10.7. The Hall–Kier alpha value is -0.690. The third kappa shape index (κ3) is 2.51. The van der Waals surface area contributed by atoms with Crippen molar-refractivity contribution in [3.05, 3.63) is 37.7 Å². The van der Waals surface area contributed by atoms with E-state index in [1.165, 1.54) is 16.8 Å². The fourth-order valence-electron chi connectivity index (χ4n) is 2.12. The number of nitrogens with zero attached hydrogens (tertiary/aromatic N) is 2. The number of hydrogen-bond donors (Lipinski definition) is 2. The molecule has 3 N–H and O–H groups in total. The van der Waals surface area contributed by atoms with Gasteiger partial charge < -0.3 is 0 Å². The van der Waals surface area contributed by atoms with Crippen molar-refractivity contribution in [2.45, 2.75) is 26.3 Å². The topological polar surface area (TPSA) is 55.9 Å². The number of nitrogens with two attached hydrogens (primary N) is 1. The van der Waals surface area contributed by atoms with E-state index in [2.05, 4.69) is 44.1 Å². The van der Waals surface area contributed by atoms with Gasteiger partial charge in [-0.1, -0.05) is 0 Å². The van der Waals surface area contributed by atoms with E-state index in [-0.39, 0.29) is 6.04 Å². The number of hydrogen-bond acceptors (Lipinski definition) is 4. The van der Waals surface area contributed by atoms with Crippen LogP contribution in [0, 0.1) is 13.8 Å². The minimum Gasteiger partial charge on any atom is -0.272 e. The molecule has 0 aliphatic rings. The maximum atomic E-state index is 5.69. The molecule has 2 heterocycles. The standard InChI is InChI=1S/C12H17BrN4S/c1-7-9(8(2)17(3)16-7)4-12(15-14)10-5-18-6-11(10)13/h5-6,12,15H,4,14H2,1-3H3. The normalized spacial score (nSPS) is 12.9. The highest BCUT2D eigenvalue weighted by Crippen LogP contribution is 2.30. The molecule has 0 aliphatic heterocycles. The van der Waals surface area contributed by atoms with E-state index in [4.69, 9.17) is 5.84 Å². The molecule has 0 amide bonds. The van der Waals surface area contributed by atoms with Crippen molar-refractivity contribution in [3.8, 4) is 0 Å². The molecule has 18 heavy (non-hydrogen) atoms. The lowest BCUT2D eigenvalue weighted by Crippen LogP contribution is -2.29. The molecular formula is C12H17BrN4S. The van der Waals surface area contributed by atoms with Crippen molar-refractivity contribution in [1.29, 1.82) is 0 Å². The van der Waals surface area contributed by atoms with Gasteiger partial charge in [0.2, 0.25) is 0 Å². The van der Waals surface area contributed by atoms with Crippen molar-refractivity contribution in [2.24, 2.45) is 12.9 Å². The smallest absolute Gasteiger partial charge is 0.0629 e. The van der Waals surface area contributed by atoms with Gasteiger partial charge in [-0.15, -0.1) is 0 Å². The van der Waals surface area contributed by atoms with Crippen molar-refractivity contribution < 1.29 is 0 Å². The van der Waals surface area contributed by atoms with Crippen LogP contribution in [0.15, 0.2) is 15.2 Å². The minimum absolute atomic E-state index is 0.104. The molecule has 2 aromatic rings. The van der Waals surface area contributed by atoms with Gasteiger partial charge in [-0.3, -0.25) is 16.0 Å². The average molecular weight is 329 g/mol. The summed E-state index contributed by atoms with van der Waals surface area (Å²) in [6, 6.07) is 0.104. The van der Waals surface area contributed by atoms with Crippen LogP contribution in [0.2, 0.25) is 0 Å². The molecule has 2 rings (SSSR count). The van der Waals surface area contributed by atoms with E-state index in [9.17, 15) is 0 Å². The van der Waals surface area contributed by atoms with Crippen LogP contribution in [0.25, 0.3) is 0 Å². The summed E-state index contributed by atoms with van der Waals surface area (Å²) >= 11 is 5.23. The van der Waals surface area contributed by atoms with Gasteiger partial charge in [-0.25, -0.2) is 0 Å². The number of nitrogens with one attached hydrogen (secondary N) is 1. The fourth-order valence-corrected chi connectivity index (χ4v) is 3.74. The Morgan fingerprint density at radius 3 is 2.67 bits per heavy atom. The quantitative estimate of drug-likeness (QED) is 0.670. The molecule has 0 radical (unpaired) electrons. The predicted octanol–water partition coefficient (Wildman–Crippen LogP) is 2.61. The lowest BCUT2D eigenvalue weighted by molar-refractivity contribution is 0.549.